The standard InChI is InChI=1S/C16H12FNO/c17-14-6-3-9-18-15(14)16(19)13-8-7-11-4-1-2-5-12(11)10-13/h1-10,16,19H. The van der Waals surface area contributed by atoms with Crippen molar-refractivity contribution in [2.24, 2.45) is 0 Å². The predicted octanol–water partition coefficient (Wildman–Crippen LogP) is 3.46. The fraction of sp³-hybridized carbons (Fsp3) is 0.0625. The van der Waals surface area contributed by atoms with E-state index in [4.69, 9.17) is 0 Å². The summed E-state index contributed by atoms with van der Waals surface area (Å²) in [5.41, 5.74) is 0.689. The number of aliphatic hydroxyl groups is 1. The van der Waals surface area contributed by atoms with Crippen LogP contribution >= 0.6 is 0 Å². The molecule has 1 heterocycles. The van der Waals surface area contributed by atoms with E-state index in [1.54, 1.807) is 6.07 Å². The van der Waals surface area contributed by atoms with Crippen LogP contribution in [0.2, 0.25) is 0 Å². The first kappa shape index (κ1) is 11.8. The van der Waals surface area contributed by atoms with E-state index < -0.39 is 11.9 Å². The van der Waals surface area contributed by atoms with Crippen LogP contribution in [0.1, 0.15) is 17.4 Å². The van der Waals surface area contributed by atoms with E-state index in [9.17, 15) is 9.50 Å². The SMILES string of the molecule is OC(c1ccc2ccccc2c1)c1ncccc1F. The predicted molar refractivity (Wildman–Crippen MR) is 72.2 cm³/mol. The molecule has 0 fully saturated rings. The first-order valence-corrected chi connectivity index (χ1v) is 6.03. The second-order valence-corrected chi connectivity index (χ2v) is 4.38. The molecule has 2 nitrogen and oxygen atoms in total. The van der Waals surface area contributed by atoms with Gasteiger partial charge in [-0.1, -0.05) is 36.4 Å². The molecule has 0 amide bonds. The minimum atomic E-state index is -1.05. The van der Waals surface area contributed by atoms with E-state index >= 15 is 0 Å². The Morgan fingerprint density at radius 1 is 0.947 bits per heavy atom. The maximum atomic E-state index is 13.6. The maximum Gasteiger partial charge on any atom is 0.147 e. The van der Waals surface area contributed by atoms with E-state index in [1.807, 2.05) is 36.4 Å². The molecule has 1 aromatic heterocycles. The number of halogens is 1. The molecule has 0 aliphatic carbocycles. The van der Waals surface area contributed by atoms with Crippen molar-refractivity contribution in [3.05, 3.63) is 77.9 Å². The monoisotopic (exact) mass is 253 g/mol. The molecular weight excluding hydrogens is 241 g/mol. The Kier molecular flexibility index (Phi) is 2.97. The summed E-state index contributed by atoms with van der Waals surface area (Å²) in [7, 11) is 0. The average molecular weight is 253 g/mol. The quantitative estimate of drug-likeness (QED) is 0.758. The van der Waals surface area contributed by atoms with Crippen molar-refractivity contribution in [2.45, 2.75) is 6.10 Å². The van der Waals surface area contributed by atoms with E-state index in [0.29, 0.717) is 5.56 Å². The number of aromatic nitrogens is 1. The van der Waals surface area contributed by atoms with Gasteiger partial charge in [0.05, 0.1) is 0 Å². The van der Waals surface area contributed by atoms with Crippen LogP contribution in [0.15, 0.2) is 60.8 Å². The lowest BCUT2D eigenvalue weighted by Gasteiger charge is -2.12. The topological polar surface area (TPSA) is 33.1 Å². The Bertz CT molecular complexity index is 727. The molecule has 3 rings (SSSR count). The van der Waals surface area contributed by atoms with Crippen molar-refractivity contribution in [3.8, 4) is 0 Å². The van der Waals surface area contributed by atoms with E-state index in [-0.39, 0.29) is 5.69 Å². The summed E-state index contributed by atoms with van der Waals surface area (Å²) >= 11 is 0. The summed E-state index contributed by atoms with van der Waals surface area (Å²) in [4.78, 5) is 3.91. The first-order valence-electron chi connectivity index (χ1n) is 6.03. The Hall–Kier alpha value is -2.26. The van der Waals surface area contributed by atoms with Crippen LogP contribution < -0.4 is 0 Å². The van der Waals surface area contributed by atoms with E-state index in [0.717, 1.165) is 10.8 Å². The van der Waals surface area contributed by atoms with Crippen LogP contribution in [0.5, 0.6) is 0 Å². The van der Waals surface area contributed by atoms with Gasteiger partial charge in [0.1, 0.15) is 17.6 Å². The summed E-state index contributed by atoms with van der Waals surface area (Å²) in [5.74, 6) is -0.497. The summed E-state index contributed by atoms with van der Waals surface area (Å²) in [6.45, 7) is 0. The molecule has 0 aliphatic rings. The molecule has 0 radical (unpaired) electrons. The number of rotatable bonds is 2. The van der Waals surface area contributed by atoms with Crippen molar-refractivity contribution in [3.63, 3.8) is 0 Å². The highest BCUT2D eigenvalue weighted by molar-refractivity contribution is 5.83. The Labute approximate surface area is 110 Å². The number of hydrogen-bond donors (Lipinski definition) is 1. The Morgan fingerprint density at radius 3 is 2.53 bits per heavy atom. The van der Waals surface area contributed by atoms with Crippen molar-refractivity contribution >= 4 is 10.8 Å². The molecule has 3 aromatic rings. The van der Waals surface area contributed by atoms with Crippen molar-refractivity contribution in [1.82, 2.24) is 4.98 Å². The molecule has 0 spiro atoms. The molecule has 1 N–H and O–H groups in total. The van der Waals surface area contributed by atoms with Gasteiger partial charge in [-0.15, -0.1) is 0 Å². The lowest BCUT2D eigenvalue weighted by Crippen LogP contribution is -2.05. The fourth-order valence-electron chi connectivity index (χ4n) is 2.13. The van der Waals surface area contributed by atoms with Gasteiger partial charge in [-0.2, -0.15) is 0 Å². The van der Waals surface area contributed by atoms with Crippen LogP contribution in [0.25, 0.3) is 10.8 Å². The molecule has 1 atom stereocenters. The molecule has 19 heavy (non-hydrogen) atoms. The molecular formula is C16H12FNO. The second-order valence-electron chi connectivity index (χ2n) is 4.38. The molecule has 3 heteroatoms. The smallest absolute Gasteiger partial charge is 0.147 e. The van der Waals surface area contributed by atoms with Crippen LogP contribution in [0.4, 0.5) is 4.39 Å². The zero-order valence-corrected chi connectivity index (χ0v) is 10.1. The van der Waals surface area contributed by atoms with Gasteiger partial charge in [-0.25, -0.2) is 4.39 Å². The van der Waals surface area contributed by atoms with Gasteiger partial charge < -0.3 is 5.11 Å². The van der Waals surface area contributed by atoms with Gasteiger partial charge in [0.25, 0.3) is 0 Å². The zero-order chi connectivity index (χ0) is 13.2. The Balaban J connectivity index is 2.07. The van der Waals surface area contributed by atoms with Crippen molar-refractivity contribution < 1.29 is 9.50 Å². The lowest BCUT2D eigenvalue weighted by molar-refractivity contribution is 0.209. The highest BCUT2D eigenvalue weighted by Crippen LogP contribution is 2.25. The minimum Gasteiger partial charge on any atom is -0.382 e. The van der Waals surface area contributed by atoms with Crippen LogP contribution in [-0.2, 0) is 0 Å². The highest BCUT2D eigenvalue weighted by Gasteiger charge is 2.16. The number of hydrogen-bond acceptors (Lipinski definition) is 2. The third kappa shape index (κ3) is 2.20. The van der Waals surface area contributed by atoms with Gasteiger partial charge >= 0.3 is 0 Å². The second kappa shape index (κ2) is 4.78. The van der Waals surface area contributed by atoms with E-state index in [1.165, 1.54) is 18.3 Å². The van der Waals surface area contributed by atoms with Crippen molar-refractivity contribution in [1.29, 1.82) is 0 Å². The molecule has 2 aromatic carbocycles. The molecule has 94 valence electrons. The highest BCUT2D eigenvalue weighted by atomic mass is 19.1. The zero-order valence-electron chi connectivity index (χ0n) is 10.1. The lowest BCUT2D eigenvalue weighted by atomic mass is 10.0. The number of nitrogens with zero attached hydrogens (tertiary/aromatic N) is 1. The summed E-state index contributed by atoms with van der Waals surface area (Å²) in [6.07, 6.45) is 0.425. The van der Waals surface area contributed by atoms with Gasteiger partial charge in [0.15, 0.2) is 0 Å². The maximum absolute atomic E-state index is 13.6. The first-order chi connectivity index (χ1) is 9.25. The Morgan fingerprint density at radius 2 is 1.74 bits per heavy atom. The van der Waals surface area contributed by atoms with Gasteiger partial charge in [0.2, 0.25) is 0 Å². The number of benzene rings is 2. The van der Waals surface area contributed by atoms with E-state index in [2.05, 4.69) is 4.98 Å². The summed E-state index contributed by atoms with van der Waals surface area (Å²) in [6, 6.07) is 16.2. The van der Waals surface area contributed by atoms with Crippen molar-refractivity contribution in [2.75, 3.05) is 0 Å². The van der Waals surface area contributed by atoms with Crippen LogP contribution in [0.3, 0.4) is 0 Å². The number of fused-ring (bicyclic) bond motifs is 1. The molecule has 0 aliphatic heterocycles. The van der Waals surface area contributed by atoms with Gasteiger partial charge in [-0.05, 0) is 34.5 Å². The van der Waals surface area contributed by atoms with Gasteiger partial charge in [-0.3, -0.25) is 4.98 Å². The molecule has 1 unspecified atom stereocenters. The fourth-order valence-corrected chi connectivity index (χ4v) is 2.13. The van der Waals surface area contributed by atoms with Crippen LogP contribution in [-0.4, -0.2) is 10.1 Å². The number of pyridine rings is 1. The largest absolute Gasteiger partial charge is 0.382 e. The summed E-state index contributed by atoms with van der Waals surface area (Å²) in [5, 5.41) is 12.3. The third-order valence-electron chi connectivity index (χ3n) is 3.14. The van der Waals surface area contributed by atoms with Crippen LogP contribution in [0, 0.1) is 5.82 Å². The average Bonchev–Trinajstić information content (AvgIpc) is 2.46. The third-order valence-corrected chi connectivity index (χ3v) is 3.14. The molecule has 0 saturated carbocycles. The normalized spacial score (nSPS) is 12.5. The molecule has 0 saturated heterocycles. The minimum absolute atomic E-state index is 0.0535. The summed E-state index contributed by atoms with van der Waals surface area (Å²) < 4.78 is 13.6. The molecule has 0 bridgehead atoms. The number of aliphatic hydroxyl groups excluding tert-OH is 1. The van der Waals surface area contributed by atoms with Gasteiger partial charge in [0, 0.05) is 6.20 Å².